The molecule has 0 saturated carbocycles. The molecule has 3 atom stereocenters. The van der Waals surface area contributed by atoms with E-state index in [4.69, 9.17) is 19.9 Å². The summed E-state index contributed by atoms with van der Waals surface area (Å²) < 4.78 is 31.3. The van der Waals surface area contributed by atoms with Crippen LogP contribution in [-0.2, 0) is 22.5 Å². The van der Waals surface area contributed by atoms with Gasteiger partial charge in [0.05, 0.1) is 31.0 Å². The number of hydrogen-bond donors (Lipinski definition) is 3. The Morgan fingerprint density at radius 1 is 1.23 bits per heavy atom. The van der Waals surface area contributed by atoms with Crippen molar-refractivity contribution in [1.82, 2.24) is 15.3 Å². The van der Waals surface area contributed by atoms with Crippen LogP contribution in [0.5, 0.6) is 11.6 Å². The van der Waals surface area contributed by atoms with E-state index in [-0.39, 0.29) is 36.5 Å². The third kappa shape index (κ3) is 5.19. The molecule has 4 N–H and O–H groups in total. The zero-order valence-electron chi connectivity index (χ0n) is 19.4. The van der Waals surface area contributed by atoms with Crippen molar-refractivity contribution in [3.05, 3.63) is 53.5 Å². The van der Waals surface area contributed by atoms with Crippen LogP contribution in [0.3, 0.4) is 0 Å². The zero-order valence-corrected chi connectivity index (χ0v) is 19.4. The molecule has 0 unspecified atom stereocenters. The number of fused-ring (bicyclic) bond motifs is 2. The third-order valence-corrected chi connectivity index (χ3v) is 6.43. The number of nitrogens with two attached hydrogens (primary N) is 1. The van der Waals surface area contributed by atoms with Gasteiger partial charge in [-0.2, -0.15) is 0 Å². The molecule has 35 heavy (non-hydrogen) atoms. The number of nitrogens with one attached hydrogen (secondary N) is 2. The van der Waals surface area contributed by atoms with Crippen molar-refractivity contribution in [2.75, 3.05) is 25.6 Å². The summed E-state index contributed by atoms with van der Waals surface area (Å²) in [7, 11) is 1.53. The Bertz CT molecular complexity index is 1230. The van der Waals surface area contributed by atoms with E-state index in [0.29, 0.717) is 48.1 Å². The summed E-state index contributed by atoms with van der Waals surface area (Å²) in [6.07, 6.45) is 1.76. The predicted molar refractivity (Wildman–Crippen MR) is 128 cm³/mol. The Morgan fingerprint density at radius 3 is 2.89 bits per heavy atom. The number of aromatic nitrogens is 2. The number of hydrogen-bond acceptors (Lipinski definition) is 8. The molecule has 0 spiro atoms. The molecule has 2 aliphatic rings. The van der Waals surface area contributed by atoms with Gasteiger partial charge in [0.2, 0.25) is 5.88 Å². The lowest BCUT2D eigenvalue weighted by Crippen LogP contribution is -2.47. The molecule has 184 valence electrons. The topological polar surface area (TPSA) is 121 Å². The Morgan fingerprint density at radius 2 is 2.09 bits per heavy atom. The van der Waals surface area contributed by atoms with E-state index < -0.39 is 0 Å². The maximum absolute atomic E-state index is 14.7. The normalized spacial score (nSPS) is 20.6. The molecule has 4 heterocycles. The van der Waals surface area contributed by atoms with E-state index in [2.05, 4.69) is 20.6 Å². The van der Waals surface area contributed by atoms with Crippen LogP contribution in [0.4, 0.5) is 10.2 Å². The number of rotatable bonds is 7. The van der Waals surface area contributed by atoms with E-state index in [1.807, 2.05) is 18.2 Å². The molecule has 1 aromatic carbocycles. The minimum atomic E-state index is -0.366. The van der Waals surface area contributed by atoms with Gasteiger partial charge in [0.15, 0.2) is 18.2 Å². The number of ether oxygens (including phenoxy) is 3. The molecule has 2 aliphatic heterocycles. The molecule has 3 aromatic rings. The van der Waals surface area contributed by atoms with Gasteiger partial charge in [-0.3, -0.25) is 4.79 Å². The number of nitrogens with zero attached hydrogens (tertiary/aromatic N) is 2. The second-order valence-corrected chi connectivity index (χ2v) is 8.83. The molecule has 1 amide bonds. The van der Waals surface area contributed by atoms with Crippen molar-refractivity contribution >= 4 is 22.6 Å². The van der Waals surface area contributed by atoms with Crippen LogP contribution in [0, 0.1) is 5.82 Å². The number of carbonyl (C=O) groups excluding carboxylic acids is 1. The molecule has 1 fully saturated rings. The fourth-order valence-electron chi connectivity index (χ4n) is 4.50. The van der Waals surface area contributed by atoms with Gasteiger partial charge in [-0.15, -0.1) is 0 Å². The first-order valence-corrected chi connectivity index (χ1v) is 11.7. The molecule has 9 nitrogen and oxygen atoms in total. The van der Waals surface area contributed by atoms with Crippen LogP contribution in [0.25, 0.3) is 10.9 Å². The van der Waals surface area contributed by atoms with Crippen LogP contribution in [-0.4, -0.2) is 54.4 Å². The van der Waals surface area contributed by atoms with Gasteiger partial charge in [-0.25, -0.2) is 14.4 Å². The van der Waals surface area contributed by atoms with Crippen molar-refractivity contribution in [2.24, 2.45) is 5.73 Å². The summed E-state index contributed by atoms with van der Waals surface area (Å²) in [5, 5.41) is 7.00. The molecule has 0 aliphatic carbocycles. The third-order valence-electron chi connectivity index (χ3n) is 6.43. The van der Waals surface area contributed by atoms with E-state index in [9.17, 15) is 9.18 Å². The van der Waals surface area contributed by atoms with Crippen molar-refractivity contribution in [2.45, 2.75) is 44.0 Å². The molecular formula is C25H28FN5O4. The summed E-state index contributed by atoms with van der Waals surface area (Å²) in [5.41, 5.74) is 8.31. The highest BCUT2D eigenvalue weighted by atomic mass is 19.1. The lowest BCUT2D eigenvalue weighted by molar-refractivity contribution is -0.118. The Labute approximate surface area is 202 Å². The molecule has 10 heteroatoms. The van der Waals surface area contributed by atoms with Crippen LogP contribution in [0.15, 0.2) is 36.4 Å². The number of halogens is 1. The van der Waals surface area contributed by atoms with Gasteiger partial charge >= 0.3 is 0 Å². The number of benzene rings is 1. The fourth-order valence-corrected chi connectivity index (χ4v) is 4.50. The first kappa shape index (κ1) is 23.4. The summed E-state index contributed by atoms with van der Waals surface area (Å²) in [6.45, 7) is 1.03. The second-order valence-electron chi connectivity index (χ2n) is 8.83. The van der Waals surface area contributed by atoms with Gasteiger partial charge in [-0.05, 0) is 49.6 Å². The molecular weight excluding hydrogens is 453 g/mol. The highest BCUT2D eigenvalue weighted by Gasteiger charge is 2.28. The largest absolute Gasteiger partial charge is 0.481 e. The van der Waals surface area contributed by atoms with E-state index >= 15 is 0 Å². The average Bonchev–Trinajstić information content (AvgIpc) is 2.88. The number of carbonyl (C=O) groups is 1. The quantitative estimate of drug-likeness (QED) is 0.470. The highest BCUT2D eigenvalue weighted by Crippen LogP contribution is 2.27. The SMILES string of the molecule is COc1ccc2ccc(F)c(C[C@H](N)[C@@H]3CC[C@@H](NCc4ccc5c(n4)NC(=O)CO5)CO3)c2n1. The van der Waals surface area contributed by atoms with E-state index in [1.54, 1.807) is 12.1 Å². The number of amides is 1. The summed E-state index contributed by atoms with van der Waals surface area (Å²) >= 11 is 0. The van der Waals surface area contributed by atoms with Crippen LogP contribution >= 0.6 is 0 Å². The van der Waals surface area contributed by atoms with Crippen molar-refractivity contribution in [3.63, 3.8) is 0 Å². The van der Waals surface area contributed by atoms with Crippen LogP contribution in [0.2, 0.25) is 0 Å². The molecule has 5 rings (SSSR count). The Kier molecular flexibility index (Phi) is 6.76. The standard InChI is InChI=1S/C25H28FN5O4/c1-33-23-9-3-14-2-6-18(26)17(24(14)31-23)10-19(27)20-7-5-16(12-34-20)28-11-15-4-8-21-25(29-15)30-22(32)13-35-21/h2-4,6,8-9,16,19-20,28H,5,7,10-13,27H2,1H3,(H,29,30,32)/t16-,19+,20+/m1/s1. The molecule has 0 radical (unpaired) electrons. The summed E-state index contributed by atoms with van der Waals surface area (Å²) in [4.78, 5) is 20.4. The highest BCUT2D eigenvalue weighted by molar-refractivity contribution is 5.94. The van der Waals surface area contributed by atoms with Gasteiger partial charge in [-0.1, -0.05) is 0 Å². The van der Waals surface area contributed by atoms with Crippen molar-refractivity contribution < 1.29 is 23.4 Å². The zero-order chi connectivity index (χ0) is 24.4. The van der Waals surface area contributed by atoms with Crippen molar-refractivity contribution in [3.8, 4) is 11.6 Å². The number of pyridine rings is 2. The maximum atomic E-state index is 14.7. The lowest BCUT2D eigenvalue weighted by atomic mass is 9.94. The predicted octanol–water partition coefficient (Wildman–Crippen LogP) is 2.32. The summed E-state index contributed by atoms with van der Waals surface area (Å²) in [5.74, 6) is 0.908. The maximum Gasteiger partial charge on any atom is 0.263 e. The number of anilines is 1. The van der Waals surface area contributed by atoms with Gasteiger partial charge in [0.1, 0.15) is 5.82 Å². The minimum Gasteiger partial charge on any atom is -0.481 e. The molecule has 0 bridgehead atoms. The minimum absolute atomic E-state index is 0.00678. The van der Waals surface area contributed by atoms with E-state index in [0.717, 1.165) is 23.9 Å². The van der Waals surface area contributed by atoms with Crippen molar-refractivity contribution in [1.29, 1.82) is 0 Å². The molecule has 2 aromatic heterocycles. The lowest BCUT2D eigenvalue weighted by Gasteiger charge is -2.33. The first-order valence-electron chi connectivity index (χ1n) is 11.7. The van der Waals surface area contributed by atoms with E-state index in [1.165, 1.54) is 13.2 Å². The second kappa shape index (κ2) is 10.1. The smallest absolute Gasteiger partial charge is 0.263 e. The van der Waals surface area contributed by atoms with Gasteiger partial charge in [0.25, 0.3) is 5.91 Å². The average molecular weight is 482 g/mol. The summed E-state index contributed by atoms with van der Waals surface area (Å²) in [6, 6.07) is 10.2. The molecule has 1 saturated heterocycles. The number of methoxy groups -OCH3 is 1. The van der Waals surface area contributed by atoms with Crippen LogP contribution < -0.4 is 25.8 Å². The fraction of sp³-hybridized carbons (Fsp3) is 0.400. The van der Waals surface area contributed by atoms with Gasteiger partial charge in [0, 0.05) is 35.6 Å². The van der Waals surface area contributed by atoms with Crippen LogP contribution in [0.1, 0.15) is 24.1 Å². The Balaban J connectivity index is 1.16. The van der Waals surface area contributed by atoms with Gasteiger partial charge < -0.3 is 30.6 Å². The first-order chi connectivity index (χ1) is 17.0. The Hall–Kier alpha value is -3.34. The monoisotopic (exact) mass is 481 g/mol.